The molecular formula is C15H28N2O3S. The molecule has 0 bridgehead atoms. The van der Waals surface area contributed by atoms with Crippen molar-refractivity contribution in [1.29, 1.82) is 0 Å². The third kappa shape index (κ3) is 4.95. The molecule has 0 aromatic heterocycles. The van der Waals surface area contributed by atoms with Gasteiger partial charge >= 0.3 is 6.03 Å². The van der Waals surface area contributed by atoms with Gasteiger partial charge in [-0.15, -0.1) is 0 Å². The van der Waals surface area contributed by atoms with E-state index in [0.29, 0.717) is 18.2 Å². The van der Waals surface area contributed by atoms with Gasteiger partial charge in [0.25, 0.3) is 0 Å². The highest BCUT2D eigenvalue weighted by atomic mass is 32.2. The molecule has 2 saturated carbocycles. The quantitative estimate of drug-likeness (QED) is 0.780. The van der Waals surface area contributed by atoms with Crippen molar-refractivity contribution in [3.63, 3.8) is 0 Å². The summed E-state index contributed by atoms with van der Waals surface area (Å²) in [5, 5.41) is 13.2. The number of likely N-dealkylation sites (N-methyl/N-ethyl adjacent to an activating group) is 1. The van der Waals surface area contributed by atoms with Gasteiger partial charge in [0.1, 0.15) is 0 Å². The van der Waals surface area contributed by atoms with Gasteiger partial charge in [0.05, 0.1) is 6.10 Å². The van der Waals surface area contributed by atoms with Crippen molar-refractivity contribution < 1.29 is 14.1 Å². The third-order valence-corrected chi connectivity index (χ3v) is 6.32. The molecule has 0 aromatic carbocycles. The molecule has 0 saturated heterocycles. The number of nitrogens with one attached hydrogen (secondary N) is 1. The number of amides is 2. The van der Waals surface area contributed by atoms with Crippen LogP contribution in [0.3, 0.4) is 0 Å². The van der Waals surface area contributed by atoms with Gasteiger partial charge in [-0.05, 0) is 38.0 Å². The van der Waals surface area contributed by atoms with E-state index < -0.39 is 16.9 Å². The Morgan fingerprint density at radius 2 is 2.10 bits per heavy atom. The van der Waals surface area contributed by atoms with Crippen LogP contribution in [0.1, 0.15) is 45.4 Å². The lowest BCUT2D eigenvalue weighted by molar-refractivity contribution is 0.112. The number of hydrogen-bond acceptors (Lipinski definition) is 3. The maximum absolute atomic E-state index is 12.2. The van der Waals surface area contributed by atoms with Crippen LogP contribution >= 0.6 is 0 Å². The van der Waals surface area contributed by atoms with E-state index in [0.717, 1.165) is 38.5 Å². The highest BCUT2D eigenvalue weighted by Gasteiger charge is 2.32. The number of rotatable bonds is 6. The van der Waals surface area contributed by atoms with Crippen molar-refractivity contribution in [3.05, 3.63) is 0 Å². The van der Waals surface area contributed by atoms with E-state index in [1.165, 1.54) is 0 Å². The smallest absolute Gasteiger partial charge is 0.317 e. The largest absolute Gasteiger partial charge is 0.391 e. The monoisotopic (exact) mass is 316 g/mol. The molecule has 2 aliphatic carbocycles. The topological polar surface area (TPSA) is 69.6 Å². The fourth-order valence-corrected chi connectivity index (χ4v) is 4.38. The molecule has 4 unspecified atom stereocenters. The lowest BCUT2D eigenvalue weighted by Crippen LogP contribution is -2.48. The molecule has 2 N–H and O–H groups in total. The summed E-state index contributed by atoms with van der Waals surface area (Å²) in [5.74, 6) is 1.07. The standard InChI is InChI=1S/C15H28N2O3S/c1-3-21(20)13-6-4-5-12(9-13)16-15(19)17(2)10-14(18)11-7-8-11/h11-14,18H,3-10H2,1-2H3,(H,16,19). The van der Waals surface area contributed by atoms with Gasteiger partial charge in [0, 0.05) is 41.4 Å². The first kappa shape index (κ1) is 16.7. The van der Waals surface area contributed by atoms with Gasteiger partial charge in [-0.25, -0.2) is 4.79 Å². The molecule has 0 aliphatic heterocycles. The zero-order valence-electron chi connectivity index (χ0n) is 13.1. The summed E-state index contributed by atoms with van der Waals surface area (Å²) in [6, 6.07) is -0.00472. The van der Waals surface area contributed by atoms with Crippen LogP contribution in [0.15, 0.2) is 0 Å². The summed E-state index contributed by atoms with van der Waals surface area (Å²) in [7, 11) is 0.956. The Morgan fingerprint density at radius 3 is 2.71 bits per heavy atom. The van der Waals surface area contributed by atoms with Crippen LogP contribution in [-0.4, -0.2) is 57.0 Å². The van der Waals surface area contributed by atoms with E-state index in [2.05, 4.69) is 5.32 Å². The second-order valence-corrected chi connectivity index (χ2v) is 8.40. The minimum absolute atomic E-state index is 0.118. The molecule has 6 heteroatoms. The summed E-state index contributed by atoms with van der Waals surface area (Å²) in [6.07, 6.45) is 5.55. The molecule has 0 spiro atoms. The molecule has 0 aromatic rings. The van der Waals surface area contributed by atoms with Crippen LogP contribution < -0.4 is 5.32 Å². The van der Waals surface area contributed by atoms with Crippen molar-refractivity contribution in [2.45, 2.75) is 62.8 Å². The van der Waals surface area contributed by atoms with Crippen molar-refractivity contribution in [2.75, 3.05) is 19.3 Å². The fraction of sp³-hybridized carbons (Fsp3) is 0.933. The summed E-state index contributed by atoms with van der Waals surface area (Å²) < 4.78 is 11.9. The number of nitrogens with zero attached hydrogens (tertiary/aromatic N) is 1. The number of hydrogen-bond donors (Lipinski definition) is 2. The van der Waals surface area contributed by atoms with E-state index in [9.17, 15) is 14.1 Å². The van der Waals surface area contributed by atoms with Crippen LogP contribution in [0.25, 0.3) is 0 Å². The molecule has 5 nitrogen and oxygen atoms in total. The lowest BCUT2D eigenvalue weighted by Gasteiger charge is -2.31. The predicted octanol–water partition coefficient (Wildman–Crippen LogP) is 1.48. The van der Waals surface area contributed by atoms with Gasteiger partial charge in [-0.2, -0.15) is 0 Å². The number of urea groups is 1. The van der Waals surface area contributed by atoms with Crippen molar-refractivity contribution in [2.24, 2.45) is 5.92 Å². The zero-order valence-corrected chi connectivity index (χ0v) is 13.9. The minimum Gasteiger partial charge on any atom is -0.391 e. The minimum atomic E-state index is -0.772. The van der Waals surface area contributed by atoms with Crippen LogP contribution in [0.4, 0.5) is 4.79 Å². The van der Waals surface area contributed by atoms with E-state index in [1.807, 2.05) is 6.92 Å². The van der Waals surface area contributed by atoms with Crippen molar-refractivity contribution in [3.8, 4) is 0 Å². The first-order valence-electron chi connectivity index (χ1n) is 8.08. The summed E-state index contributed by atoms with van der Waals surface area (Å²) in [4.78, 5) is 13.7. The molecule has 2 amide bonds. The molecule has 21 heavy (non-hydrogen) atoms. The van der Waals surface area contributed by atoms with Crippen molar-refractivity contribution >= 4 is 16.8 Å². The molecular weight excluding hydrogens is 288 g/mol. The Bertz CT molecular complexity index is 387. The highest BCUT2D eigenvalue weighted by molar-refractivity contribution is 7.85. The Kier molecular flexibility index (Phi) is 6.05. The number of carbonyl (C=O) groups excluding carboxylic acids is 1. The highest BCUT2D eigenvalue weighted by Crippen LogP contribution is 2.32. The summed E-state index contributed by atoms with van der Waals surface area (Å²) >= 11 is 0. The normalized spacial score (nSPS) is 28.7. The lowest BCUT2D eigenvalue weighted by atomic mass is 9.95. The van der Waals surface area contributed by atoms with Crippen LogP contribution in [0.5, 0.6) is 0 Å². The van der Waals surface area contributed by atoms with Crippen LogP contribution in [0, 0.1) is 5.92 Å². The van der Waals surface area contributed by atoms with Crippen LogP contribution in [-0.2, 0) is 10.8 Å². The predicted molar refractivity (Wildman–Crippen MR) is 84.6 cm³/mol. The Hall–Kier alpha value is -0.620. The molecule has 2 rings (SSSR count). The molecule has 122 valence electrons. The average Bonchev–Trinajstić information content (AvgIpc) is 3.31. The van der Waals surface area contributed by atoms with Crippen LogP contribution in [0.2, 0.25) is 0 Å². The first-order chi connectivity index (χ1) is 10.0. The Morgan fingerprint density at radius 1 is 1.38 bits per heavy atom. The van der Waals surface area contributed by atoms with Gasteiger partial charge < -0.3 is 15.3 Å². The van der Waals surface area contributed by atoms with E-state index in [4.69, 9.17) is 0 Å². The fourth-order valence-electron chi connectivity index (χ4n) is 3.03. The Balaban J connectivity index is 1.76. The van der Waals surface area contributed by atoms with Crippen molar-refractivity contribution in [1.82, 2.24) is 10.2 Å². The molecule has 2 aliphatic rings. The first-order valence-corrected chi connectivity index (χ1v) is 9.46. The zero-order chi connectivity index (χ0) is 15.4. The number of aliphatic hydroxyl groups is 1. The van der Waals surface area contributed by atoms with Gasteiger partial charge in [0.15, 0.2) is 0 Å². The maximum Gasteiger partial charge on any atom is 0.317 e. The number of carbonyl (C=O) groups is 1. The second-order valence-electron chi connectivity index (χ2n) is 6.39. The van der Waals surface area contributed by atoms with E-state index in [-0.39, 0.29) is 17.3 Å². The van der Waals surface area contributed by atoms with Gasteiger partial charge in [0.2, 0.25) is 0 Å². The average molecular weight is 316 g/mol. The molecule has 4 atom stereocenters. The summed E-state index contributed by atoms with van der Waals surface area (Å²) in [6.45, 7) is 2.35. The second kappa shape index (κ2) is 7.58. The number of aliphatic hydroxyl groups excluding tert-OH is 1. The van der Waals surface area contributed by atoms with Gasteiger partial charge in [-0.3, -0.25) is 4.21 Å². The molecule has 0 radical (unpaired) electrons. The Labute approximate surface area is 129 Å². The molecule has 0 heterocycles. The van der Waals surface area contributed by atoms with E-state index in [1.54, 1.807) is 11.9 Å². The van der Waals surface area contributed by atoms with E-state index >= 15 is 0 Å². The molecule has 2 fully saturated rings. The maximum atomic E-state index is 12.2. The summed E-state index contributed by atoms with van der Waals surface area (Å²) in [5.41, 5.74) is 0. The third-order valence-electron chi connectivity index (χ3n) is 4.58. The SMILES string of the molecule is CCS(=O)C1CCCC(NC(=O)N(C)CC(O)C2CC2)C1. The van der Waals surface area contributed by atoms with Gasteiger partial charge in [-0.1, -0.05) is 13.3 Å².